The molecular formula is C50H94O6. The third-order valence-corrected chi connectivity index (χ3v) is 11.0. The normalized spacial score (nSPS) is 12.0. The Morgan fingerprint density at radius 3 is 0.893 bits per heavy atom. The summed E-state index contributed by atoms with van der Waals surface area (Å²) >= 11 is 0. The van der Waals surface area contributed by atoms with E-state index in [4.69, 9.17) is 14.2 Å². The van der Waals surface area contributed by atoms with Gasteiger partial charge in [-0.15, -0.1) is 0 Å². The predicted molar refractivity (Wildman–Crippen MR) is 238 cm³/mol. The summed E-state index contributed by atoms with van der Waals surface area (Å²) in [5.41, 5.74) is 0. The molecule has 0 radical (unpaired) electrons. The second-order valence-corrected chi connectivity index (χ2v) is 16.7. The van der Waals surface area contributed by atoms with Gasteiger partial charge in [0.15, 0.2) is 6.10 Å². The Morgan fingerprint density at radius 1 is 0.339 bits per heavy atom. The van der Waals surface area contributed by atoms with Crippen LogP contribution in [0.4, 0.5) is 0 Å². The molecule has 0 rings (SSSR count). The molecule has 330 valence electrons. The van der Waals surface area contributed by atoms with E-state index in [1.54, 1.807) is 0 Å². The first-order valence-corrected chi connectivity index (χ1v) is 24.7. The Labute approximate surface area is 348 Å². The summed E-state index contributed by atoms with van der Waals surface area (Å²) in [5.74, 6) is -0.871. The third-order valence-electron chi connectivity index (χ3n) is 11.0. The van der Waals surface area contributed by atoms with Crippen LogP contribution in [-0.4, -0.2) is 37.2 Å². The molecule has 0 aliphatic rings. The third kappa shape index (κ3) is 43.3. The SMILES string of the molecule is CCCCCCCCC/C=C\CCCCCCCC(=O)OCC(COC(=O)CCCCCCCCC)OC(=O)CCCCCCCCCCCCCCCCC. The van der Waals surface area contributed by atoms with Crippen molar-refractivity contribution in [2.45, 2.75) is 277 Å². The van der Waals surface area contributed by atoms with Crippen molar-refractivity contribution in [1.29, 1.82) is 0 Å². The second-order valence-electron chi connectivity index (χ2n) is 16.7. The molecule has 0 bridgehead atoms. The number of allylic oxidation sites excluding steroid dienone is 2. The van der Waals surface area contributed by atoms with E-state index < -0.39 is 6.10 Å². The van der Waals surface area contributed by atoms with E-state index in [9.17, 15) is 14.4 Å². The predicted octanol–water partition coefficient (Wildman–Crippen LogP) is 15.8. The zero-order valence-electron chi connectivity index (χ0n) is 37.7. The van der Waals surface area contributed by atoms with Crippen LogP contribution in [0.2, 0.25) is 0 Å². The summed E-state index contributed by atoms with van der Waals surface area (Å²) in [6, 6.07) is 0. The van der Waals surface area contributed by atoms with Gasteiger partial charge in [0, 0.05) is 19.3 Å². The van der Waals surface area contributed by atoms with E-state index in [-0.39, 0.29) is 31.1 Å². The minimum absolute atomic E-state index is 0.0687. The zero-order valence-corrected chi connectivity index (χ0v) is 37.7. The Hall–Kier alpha value is -1.85. The van der Waals surface area contributed by atoms with Crippen molar-refractivity contribution in [3.8, 4) is 0 Å². The molecule has 0 aromatic rings. The smallest absolute Gasteiger partial charge is 0.306 e. The summed E-state index contributed by atoms with van der Waals surface area (Å²) in [6.07, 6.45) is 49.2. The summed E-state index contributed by atoms with van der Waals surface area (Å²) < 4.78 is 16.7. The summed E-state index contributed by atoms with van der Waals surface area (Å²) in [7, 11) is 0. The van der Waals surface area contributed by atoms with Crippen molar-refractivity contribution in [2.75, 3.05) is 13.2 Å². The van der Waals surface area contributed by atoms with E-state index in [1.807, 2.05) is 0 Å². The topological polar surface area (TPSA) is 78.9 Å². The molecule has 0 aromatic heterocycles. The number of hydrogen-bond acceptors (Lipinski definition) is 6. The molecule has 56 heavy (non-hydrogen) atoms. The molecule has 6 nitrogen and oxygen atoms in total. The molecule has 0 spiro atoms. The lowest BCUT2D eigenvalue weighted by molar-refractivity contribution is -0.167. The van der Waals surface area contributed by atoms with Crippen molar-refractivity contribution in [1.82, 2.24) is 0 Å². The van der Waals surface area contributed by atoms with Crippen LogP contribution in [0.3, 0.4) is 0 Å². The first-order valence-electron chi connectivity index (χ1n) is 24.7. The van der Waals surface area contributed by atoms with Gasteiger partial charge in [-0.3, -0.25) is 14.4 Å². The first-order chi connectivity index (χ1) is 27.5. The highest BCUT2D eigenvalue weighted by atomic mass is 16.6. The fourth-order valence-corrected chi connectivity index (χ4v) is 7.26. The highest BCUT2D eigenvalue weighted by Gasteiger charge is 2.19. The minimum Gasteiger partial charge on any atom is -0.462 e. The fourth-order valence-electron chi connectivity index (χ4n) is 7.26. The molecule has 0 amide bonds. The van der Waals surface area contributed by atoms with Gasteiger partial charge in [-0.1, -0.05) is 219 Å². The maximum atomic E-state index is 12.7. The largest absolute Gasteiger partial charge is 0.462 e. The number of unbranched alkanes of at least 4 members (excludes halogenated alkanes) is 32. The van der Waals surface area contributed by atoms with Crippen LogP contribution >= 0.6 is 0 Å². The van der Waals surface area contributed by atoms with E-state index in [2.05, 4.69) is 32.9 Å². The van der Waals surface area contributed by atoms with Gasteiger partial charge in [-0.25, -0.2) is 0 Å². The van der Waals surface area contributed by atoms with Crippen LogP contribution in [0.15, 0.2) is 12.2 Å². The van der Waals surface area contributed by atoms with Gasteiger partial charge in [-0.2, -0.15) is 0 Å². The maximum Gasteiger partial charge on any atom is 0.306 e. The number of carbonyl (C=O) groups excluding carboxylic acids is 3. The van der Waals surface area contributed by atoms with E-state index in [0.29, 0.717) is 19.3 Å². The van der Waals surface area contributed by atoms with Crippen LogP contribution in [-0.2, 0) is 28.6 Å². The number of rotatable bonds is 45. The van der Waals surface area contributed by atoms with Gasteiger partial charge >= 0.3 is 17.9 Å². The molecule has 6 heteroatoms. The highest BCUT2D eigenvalue weighted by Crippen LogP contribution is 2.16. The van der Waals surface area contributed by atoms with Gasteiger partial charge < -0.3 is 14.2 Å². The van der Waals surface area contributed by atoms with Gasteiger partial charge in [0.2, 0.25) is 0 Å². The van der Waals surface area contributed by atoms with E-state index in [0.717, 1.165) is 64.2 Å². The zero-order chi connectivity index (χ0) is 40.8. The monoisotopic (exact) mass is 791 g/mol. The average molecular weight is 791 g/mol. The lowest BCUT2D eigenvalue weighted by Gasteiger charge is -2.18. The standard InChI is InChI=1S/C50H94O6/c1-4-7-10-13-16-18-20-22-24-26-27-29-31-34-37-40-43-49(52)55-46-47(45-54-48(51)42-39-36-33-15-12-9-6-3)56-50(53)44-41-38-35-32-30-28-25-23-21-19-17-14-11-8-5-2/h24,26,47H,4-23,25,27-46H2,1-3H3/b26-24-. The molecule has 0 heterocycles. The van der Waals surface area contributed by atoms with Gasteiger partial charge in [0.1, 0.15) is 13.2 Å². The quantitative estimate of drug-likeness (QED) is 0.0264. The molecule has 0 aliphatic heterocycles. The minimum atomic E-state index is -0.764. The van der Waals surface area contributed by atoms with E-state index >= 15 is 0 Å². The molecule has 0 saturated carbocycles. The maximum absolute atomic E-state index is 12.7. The van der Waals surface area contributed by atoms with Crippen molar-refractivity contribution in [2.24, 2.45) is 0 Å². The summed E-state index contributed by atoms with van der Waals surface area (Å²) in [6.45, 7) is 6.61. The van der Waals surface area contributed by atoms with Gasteiger partial charge in [0.25, 0.3) is 0 Å². The van der Waals surface area contributed by atoms with Crippen LogP contribution in [0.25, 0.3) is 0 Å². The number of hydrogen-bond donors (Lipinski definition) is 0. The second kappa shape index (κ2) is 45.8. The molecule has 1 unspecified atom stereocenters. The average Bonchev–Trinajstić information content (AvgIpc) is 3.19. The number of ether oxygens (including phenoxy) is 3. The molecule has 0 aliphatic carbocycles. The van der Waals surface area contributed by atoms with Crippen molar-refractivity contribution < 1.29 is 28.6 Å². The summed E-state index contributed by atoms with van der Waals surface area (Å²) in [4.78, 5) is 37.7. The van der Waals surface area contributed by atoms with Crippen LogP contribution in [0, 0.1) is 0 Å². The van der Waals surface area contributed by atoms with Gasteiger partial charge in [0.05, 0.1) is 0 Å². The Bertz CT molecular complexity index is 870. The van der Waals surface area contributed by atoms with Crippen LogP contribution in [0.1, 0.15) is 271 Å². The highest BCUT2D eigenvalue weighted by molar-refractivity contribution is 5.71. The van der Waals surface area contributed by atoms with Crippen molar-refractivity contribution >= 4 is 17.9 Å². The first kappa shape index (κ1) is 54.2. The molecule has 0 N–H and O–H groups in total. The molecular weight excluding hydrogens is 697 g/mol. The molecule has 0 fully saturated rings. The van der Waals surface area contributed by atoms with Crippen molar-refractivity contribution in [3.63, 3.8) is 0 Å². The molecule has 0 aromatic carbocycles. The Balaban J connectivity index is 4.25. The van der Waals surface area contributed by atoms with Crippen LogP contribution in [0.5, 0.6) is 0 Å². The Kier molecular flexibility index (Phi) is 44.3. The Morgan fingerprint density at radius 2 is 0.589 bits per heavy atom. The summed E-state index contributed by atoms with van der Waals surface area (Å²) in [5, 5.41) is 0. The number of esters is 3. The van der Waals surface area contributed by atoms with Gasteiger partial charge in [-0.05, 0) is 44.9 Å². The lowest BCUT2D eigenvalue weighted by Crippen LogP contribution is -2.30. The number of carbonyl (C=O) groups is 3. The lowest BCUT2D eigenvalue weighted by atomic mass is 10.0. The fraction of sp³-hybridized carbons (Fsp3) is 0.900. The van der Waals surface area contributed by atoms with Crippen LogP contribution < -0.4 is 0 Å². The molecule has 1 atom stereocenters. The molecule has 0 saturated heterocycles. The van der Waals surface area contributed by atoms with Crippen molar-refractivity contribution in [3.05, 3.63) is 12.2 Å². The van der Waals surface area contributed by atoms with E-state index in [1.165, 1.54) is 167 Å².